The van der Waals surface area contributed by atoms with Crippen molar-refractivity contribution < 1.29 is 8.42 Å². The van der Waals surface area contributed by atoms with Gasteiger partial charge in [-0.2, -0.15) is 0 Å². The van der Waals surface area contributed by atoms with E-state index < -0.39 is 9.84 Å². The molecule has 0 fully saturated rings. The monoisotopic (exact) mass is 306 g/mol. The highest BCUT2D eigenvalue weighted by Crippen LogP contribution is 2.25. The molecule has 1 N–H and O–H groups in total. The smallest absolute Gasteiger partial charge is 0.147 e. The summed E-state index contributed by atoms with van der Waals surface area (Å²) in [5.74, 6) is 0.222. The SMILES string of the molecule is CCNC(CCCS(C)(=O)=O)c1nccc2ccccc12. The summed E-state index contributed by atoms with van der Waals surface area (Å²) in [5.41, 5.74) is 1.00. The molecule has 1 aromatic heterocycles. The van der Waals surface area contributed by atoms with E-state index in [2.05, 4.69) is 29.4 Å². The minimum atomic E-state index is -2.91. The van der Waals surface area contributed by atoms with Crippen molar-refractivity contribution in [1.82, 2.24) is 10.3 Å². The zero-order valence-electron chi connectivity index (χ0n) is 12.5. The first kappa shape index (κ1) is 15.9. The third kappa shape index (κ3) is 4.51. The van der Waals surface area contributed by atoms with Crippen LogP contribution in [0.3, 0.4) is 0 Å². The number of hydrogen-bond donors (Lipinski definition) is 1. The topological polar surface area (TPSA) is 59.1 Å². The summed E-state index contributed by atoms with van der Waals surface area (Å²) >= 11 is 0. The molecule has 1 atom stereocenters. The van der Waals surface area contributed by atoms with Gasteiger partial charge >= 0.3 is 0 Å². The molecule has 21 heavy (non-hydrogen) atoms. The molecule has 0 saturated heterocycles. The fourth-order valence-electron chi connectivity index (χ4n) is 2.55. The van der Waals surface area contributed by atoms with Gasteiger partial charge in [0.25, 0.3) is 0 Å². The molecular formula is C16H22N2O2S. The Morgan fingerprint density at radius 2 is 2.00 bits per heavy atom. The molecule has 1 heterocycles. The fourth-order valence-corrected chi connectivity index (χ4v) is 3.24. The molecule has 2 rings (SSSR count). The lowest BCUT2D eigenvalue weighted by molar-refractivity contribution is 0.500. The van der Waals surface area contributed by atoms with Crippen LogP contribution >= 0.6 is 0 Å². The van der Waals surface area contributed by atoms with Crippen LogP contribution in [0.5, 0.6) is 0 Å². The minimum Gasteiger partial charge on any atom is -0.309 e. The maximum Gasteiger partial charge on any atom is 0.147 e. The van der Waals surface area contributed by atoms with Crippen LogP contribution in [-0.4, -0.2) is 32.0 Å². The van der Waals surface area contributed by atoms with Crippen molar-refractivity contribution >= 4 is 20.6 Å². The lowest BCUT2D eigenvalue weighted by Gasteiger charge is -2.19. The highest BCUT2D eigenvalue weighted by molar-refractivity contribution is 7.90. The number of rotatable bonds is 7. The van der Waals surface area contributed by atoms with E-state index in [-0.39, 0.29) is 11.8 Å². The normalized spacial score (nSPS) is 13.4. The number of aromatic nitrogens is 1. The van der Waals surface area contributed by atoms with Gasteiger partial charge < -0.3 is 5.32 Å². The Morgan fingerprint density at radius 3 is 2.71 bits per heavy atom. The third-order valence-corrected chi connectivity index (χ3v) is 4.52. The van der Waals surface area contributed by atoms with E-state index in [9.17, 15) is 8.42 Å². The molecule has 114 valence electrons. The maximum atomic E-state index is 11.3. The zero-order chi connectivity index (χ0) is 15.3. The Bertz CT molecular complexity index is 693. The molecule has 0 saturated carbocycles. The summed E-state index contributed by atoms with van der Waals surface area (Å²) in [4.78, 5) is 4.53. The van der Waals surface area contributed by atoms with Crippen molar-refractivity contribution in [2.75, 3.05) is 18.6 Å². The number of fused-ring (bicyclic) bond motifs is 1. The molecule has 1 unspecified atom stereocenters. The van der Waals surface area contributed by atoms with Gasteiger partial charge in [0.2, 0.25) is 0 Å². The van der Waals surface area contributed by atoms with E-state index in [1.807, 2.05) is 24.4 Å². The van der Waals surface area contributed by atoms with Crippen molar-refractivity contribution in [1.29, 1.82) is 0 Å². The number of nitrogens with zero attached hydrogens (tertiary/aromatic N) is 1. The van der Waals surface area contributed by atoms with Gasteiger partial charge in [-0.1, -0.05) is 31.2 Å². The molecule has 0 aliphatic heterocycles. The highest BCUT2D eigenvalue weighted by Gasteiger charge is 2.15. The molecule has 1 aromatic carbocycles. The number of benzene rings is 1. The number of sulfone groups is 1. The number of pyridine rings is 1. The molecule has 2 aromatic rings. The first-order chi connectivity index (χ1) is 10.0. The predicted octanol–water partition coefficient (Wildman–Crippen LogP) is 2.71. The lowest BCUT2D eigenvalue weighted by atomic mass is 10.0. The number of nitrogens with one attached hydrogen (secondary N) is 1. The molecule has 0 bridgehead atoms. The number of hydrogen-bond acceptors (Lipinski definition) is 4. The van der Waals surface area contributed by atoms with Crippen LogP contribution in [0.4, 0.5) is 0 Å². The molecule has 0 radical (unpaired) electrons. The Balaban J connectivity index is 2.23. The van der Waals surface area contributed by atoms with Crippen LogP contribution in [0.1, 0.15) is 31.5 Å². The van der Waals surface area contributed by atoms with Crippen molar-refractivity contribution in [2.45, 2.75) is 25.8 Å². The molecular weight excluding hydrogens is 284 g/mol. The van der Waals surface area contributed by atoms with Gasteiger partial charge in [0.05, 0.1) is 11.7 Å². The van der Waals surface area contributed by atoms with Crippen LogP contribution in [-0.2, 0) is 9.84 Å². The first-order valence-electron chi connectivity index (χ1n) is 7.26. The van der Waals surface area contributed by atoms with E-state index in [0.29, 0.717) is 6.42 Å². The second-order valence-corrected chi connectivity index (χ2v) is 7.56. The lowest BCUT2D eigenvalue weighted by Crippen LogP contribution is -2.23. The Hall–Kier alpha value is -1.46. The van der Waals surface area contributed by atoms with Gasteiger partial charge in [0.15, 0.2) is 0 Å². The summed E-state index contributed by atoms with van der Waals surface area (Å²) in [6, 6.07) is 10.2. The quantitative estimate of drug-likeness (QED) is 0.854. The van der Waals surface area contributed by atoms with Crippen molar-refractivity contribution in [3.63, 3.8) is 0 Å². The summed E-state index contributed by atoms with van der Waals surface area (Å²) in [5, 5.41) is 5.71. The van der Waals surface area contributed by atoms with Crippen LogP contribution < -0.4 is 5.32 Å². The third-order valence-electron chi connectivity index (χ3n) is 3.49. The van der Waals surface area contributed by atoms with Gasteiger partial charge in [-0.3, -0.25) is 4.98 Å². The summed E-state index contributed by atoms with van der Waals surface area (Å²) in [7, 11) is -2.91. The summed E-state index contributed by atoms with van der Waals surface area (Å²) in [6.07, 6.45) is 4.51. The van der Waals surface area contributed by atoms with Crippen LogP contribution in [0.2, 0.25) is 0 Å². The Morgan fingerprint density at radius 1 is 1.24 bits per heavy atom. The van der Waals surface area contributed by atoms with E-state index in [0.717, 1.165) is 29.4 Å². The largest absolute Gasteiger partial charge is 0.309 e. The van der Waals surface area contributed by atoms with E-state index in [4.69, 9.17) is 0 Å². The van der Waals surface area contributed by atoms with Crippen molar-refractivity contribution in [2.24, 2.45) is 0 Å². The van der Waals surface area contributed by atoms with E-state index in [1.54, 1.807) is 0 Å². The maximum absolute atomic E-state index is 11.3. The van der Waals surface area contributed by atoms with Gasteiger partial charge in [0, 0.05) is 23.6 Å². The molecule has 0 amide bonds. The van der Waals surface area contributed by atoms with E-state index in [1.165, 1.54) is 6.26 Å². The zero-order valence-corrected chi connectivity index (χ0v) is 13.4. The van der Waals surface area contributed by atoms with Crippen LogP contribution in [0.15, 0.2) is 36.5 Å². The molecule has 4 nitrogen and oxygen atoms in total. The summed E-state index contributed by atoms with van der Waals surface area (Å²) < 4.78 is 22.6. The summed E-state index contributed by atoms with van der Waals surface area (Å²) in [6.45, 7) is 2.88. The first-order valence-corrected chi connectivity index (χ1v) is 9.32. The second-order valence-electron chi connectivity index (χ2n) is 5.30. The predicted molar refractivity (Wildman–Crippen MR) is 87.1 cm³/mol. The van der Waals surface area contributed by atoms with Crippen molar-refractivity contribution in [3.05, 3.63) is 42.2 Å². The van der Waals surface area contributed by atoms with Crippen molar-refractivity contribution in [3.8, 4) is 0 Å². The minimum absolute atomic E-state index is 0.0860. The van der Waals surface area contributed by atoms with Gasteiger partial charge in [-0.15, -0.1) is 0 Å². The molecule has 0 aliphatic carbocycles. The molecule has 5 heteroatoms. The van der Waals surface area contributed by atoms with Gasteiger partial charge in [-0.25, -0.2) is 8.42 Å². The highest BCUT2D eigenvalue weighted by atomic mass is 32.2. The van der Waals surface area contributed by atoms with Crippen LogP contribution in [0.25, 0.3) is 10.8 Å². The average molecular weight is 306 g/mol. The van der Waals surface area contributed by atoms with Gasteiger partial charge in [-0.05, 0) is 30.8 Å². The standard InChI is InChI=1S/C16H22N2O2S/c1-3-17-15(9-6-12-21(2,19)20)16-14-8-5-4-7-13(14)10-11-18-16/h4-5,7-8,10-11,15,17H,3,6,9,12H2,1-2H3. The Labute approximate surface area is 126 Å². The average Bonchev–Trinajstić information content (AvgIpc) is 2.44. The van der Waals surface area contributed by atoms with Gasteiger partial charge in [0.1, 0.15) is 9.84 Å². The fraction of sp³-hybridized carbons (Fsp3) is 0.438. The second kappa shape index (κ2) is 7.00. The van der Waals surface area contributed by atoms with E-state index >= 15 is 0 Å². The Kier molecular flexibility index (Phi) is 5.31. The molecule has 0 aliphatic rings. The van der Waals surface area contributed by atoms with Crippen LogP contribution in [0, 0.1) is 0 Å². The molecule has 0 spiro atoms.